The van der Waals surface area contributed by atoms with Gasteiger partial charge in [-0.3, -0.25) is 19.9 Å². The summed E-state index contributed by atoms with van der Waals surface area (Å²) in [6.07, 6.45) is 5.92. The molecule has 1 amide bonds. The number of hydrogen-bond donors (Lipinski definition) is 3. The number of hydrogen-bond acceptors (Lipinski definition) is 5. The normalized spacial score (nSPS) is 17.9. The highest BCUT2D eigenvalue weighted by Crippen LogP contribution is 2.26. The number of amides is 1. The molecule has 1 fully saturated rings. The Morgan fingerprint density at radius 3 is 2.96 bits per heavy atom. The van der Waals surface area contributed by atoms with Crippen molar-refractivity contribution < 1.29 is 10.0 Å². The fourth-order valence-corrected chi connectivity index (χ4v) is 4.29. The molecule has 0 saturated carbocycles. The predicted molar refractivity (Wildman–Crippen MR) is 107 cm³/mol. The number of fused-ring (bicyclic) bond motifs is 1. The lowest BCUT2D eigenvalue weighted by Gasteiger charge is -2.28. The van der Waals surface area contributed by atoms with Gasteiger partial charge in [0.1, 0.15) is 0 Å². The van der Waals surface area contributed by atoms with Crippen LogP contribution in [0.4, 0.5) is 0 Å². The fourth-order valence-electron chi connectivity index (χ4n) is 4.29. The van der Waals surface area contributed by atoms with Gasteiger partial charge in [0.2, 0.25) is 0 Å². The summed E-state index contributed by atoms with van der Waals surface area (Å²) in [4.78, 5) is 18.4. The Kier molecular flexibility index (Phi) is 6.00. The van der Waals surface area contributed by atoms with Crippen LogP contribution in [0, 0.1) is 0 Å². The molecule has 1 aromatic heterocycles. The van der Waals surface area contributed by atoms with Crippen molar-refractivity contribution in [2.45, 2.75) is 38.1 Å². The minimum atomic E-state index is -0.508. The standard InChI is InChI=1S/C22H28N4O2/c27-22(25-28)20-13-19-7-11-26(15-21(19)24-14-20)10-6-16-2-1-3-18(12-16)17-4-8-23-9-5-17/h1-3,12-14,17,23,28H,4-11,15H2,(H,25,27). The molecular weight excluding hydrogens is 352 g/mol. The van der Waals surface area contributed by atoms with Gasteiger partial charge in [-0.15, -0.1) is 0 Å². The molecule has 0 atom stereocenters. The van der Waals surface area contributed by atoms with Crippen LogP contribution in [0.2, 0.25) is 0 Å². The van der Waals surface area contributed by atoms with Gasteiger partial charge < -0.3 is 5.32 Å². The van der Waals surface area contributed by atoms with Crippen LogP contribution in [0.5, 0.6) is 0 Å². The average Bonchev–Trinajstić information content (AvgIpc) is 2.77. The molecule has 3 heterocycles. The van der Waals surface area contributed by atoms with Crippen molar-refractivity contribution in [3.05, 3.63) is 64.5 Å². The Morgan fingerprint density at radius 2 is 2.14 bits per heavy atom. The summed E-state index contributed by atoms with van der Waals surface area (Å²) < 4.78 is 0. The average molecular weight is 380 g/mol. The summed E-state index contributed by atoms with van der Waals surface area (Å²) >= 11 is 0. The molecule has 1 aromatic carbocycles. The number of piperidine rings is 1. The van der Waals surface area contributed by atoms with E-state index < -0.39 is 5.91 Å². The lowest BCUT2D eigenvalue weighted by molar-refractivity contribution is 0.0705. The summed E-state index contributed by atoms with van der Waals surface area (Å²) in [5.74, 6) is 0.184. The third-order valence-electron chi connectivity index (χ3n) is 5.97. The number of carbonyl (C=O) groups excluding carboxylic acids is 1. The number of hydroxylamine groups is 1. The molecule has 0 bridgehead atoms. The lowest BCUT2D eigenvalue weighted by atomic mass is 9.89. The van der Waals surface area contributed by atoms with Crippen LogP contribution in [0.3, 0.4) is 0 Å². The van der Waals surface area contributed by atoms with E-state index in [4.69, 9.17) is 5.21 Å². The van der Waals surface area contributed by atoms with Gasteiger partial charge in [0.05, 0.1) is 11.3 Å². The summed E-state index contributed by atoms with van der Waals surface area (Å²) in [6.45, 7) is 5.03. The predicted octanol–water partition coefficient (Wildman–Crippen LogP) is 2.27. The van der Waals surface area contributed by atoms with Crippen LogP contribution in [0.1, 0.15) is 51.5 Å². The molecule has 28 heavy (non-hydrogen) atoms. The molecule has 1 saturated heterocycles. The summed E-state index contributed by atoms with van der Waals surface area (Å²) in [5, 5.41) is 12.2. The third kappa shape index (κ3) is 4.41. The summed E-state index contributed by atoms with van der Waals surface area (Å²) in [7, 11) is 0. The molecule has 2 aliphatic rings. The van der Waals surface area contributed by atoms with E-state index in [1.54, 1.807) is 5.48 Å². The quantitative estimate of drug-likeness (QED) is 0.548. The first-order chi connectivity index (χ1) is 13.7. The summed E-state index contributed by atoms with van der Waals surface area (Å²) in [6, 6.07) is 11.0. The van der Waals surface area contributed by atoms with Crippen LogP contribution in [0.25, 0.3) is 0 Å². The SMILES string of the molecule is O=C(NO)c1cnc2c(c1)CCN(CCc1cccc(C3CCNCC3)c1)C2. The fraction of sp³-hybridized carbons (Fsp3) is 0.455. The van der Waals surface area contributed by atoms with Crippen molar-refractivity contribution in [3.8, 4) is 0 Å². The Hall–Kier alpha value is -2.28. The van der Waals surface area contributed by atoms with Crippen LogP contribution < -0.4 is 10.8 Å². The number of rotatable bonds is 5. The zero-order chi connectivity index (χ0) is 19.3. The third-order valence-corrected chi connectivity index (χ3v) is 5.97. The molecule has 6 heteroatoms. The molecular formula is C22H28N4O2. The first-order valence-corrected chi connectivity index (χ1v) is 10.2. The number of nitrogens with zero attached hydrogens (tertiary/aromatic N) is 2. The van der Waals surface area contributed by atoms with Gasteiger partial charge in [-0.05, 0) is 67.4 Å². The molecule has 3 N–H and O–H groups in total. The summed E-state index contributed by atoms with van der Waals surface area (Å²) in [5.41, 5.74) is 7.10. The van der Waals surface area contributed by atoms with Gasteiger partial charge in [0.25, 0.3) is 5.91 Å². The molecule has 2 aliphatic heterocycles. The maximum Gasteiger partial charge on any atom is 0.276 e. The Morgan fingerprint density at radius 1 is 1.29 bits per heavy atom. The van der Waals surface area contributed by atoms with Crippen molar-refractivity contribution in [2.75, 3.05) is 26.2 Å². The Bertz CT molecular complexity index is 833. The smallest absolute Gasteiger partial charge is 0.276 e. The number of pyridine rings is 1. The van der Waals surface area contributed by atoms with Gasteiger partial charge >= 0.3 is 0 Å². The first kappa shape index (κ1) is 19.1. The molecule has 0 radical (unpaired) electrons. The zero-order valence-corrected chi connectivity index (χ0v) is 16.2. The monoisotopic (exact) mass is 380 g/mol. The maximum absolute atomic E-state index is 11.5. The van der Waals surface area contributed by atoms with Crippen LogP contribution in [-0.4, -0.2) is 47.2 Å². The highest BCUT2D eigenvalue weighted by molar-refractivity contribution is 5.93. The van der Waals surface area contributed by atoms with E-state index >= 15 is 0 Å². The van der Waals surface area contributed by atoms with Crippen molar-refractivity contribution >= 4 is 5.91 Å². The maximum atomic E-state index is 11.5. The van der Waals surface area contributed by atoms with Crippen LogP contribution >= 0.6 is 0 Å². The first-order valence-electron chi connectivity index (χ1n) is 10.2. The highest BCUT2D eigenvalue weighted by atomic mass is 16.5. The number of nitrogens with one attached hydrogen (secondary N) is 2. The van der Waals surface area contributed by atoms with Crippen LogP contribution in [0.15, 0.2) is 36.5 Å². The van der Waals surface area contributed by atoms with Gasteiger partial charge in [-0.1, -0.05) is 24.3 Å². The topological polar surface area (TPSA) is 77.5 Å². The molecule has 4 rings (SSSR count). The highest BCUT2D eigenvalue weighted by Gasteiger charge is 2.19. The van der Waals surface area contributed by atoms with Crippen LogP contribution in [-0.2, 0) is 19.4 Å². The van der Waals surface area contributed by atoms with Gasteiger partial charge in [-0.2, -0.15) is 0 Å². The number of aromatic nitrogens is 1. The van der Waals surface area contributed by atoms with Gasteiger partial charge in [0, 0.05) is 25.8 Å². The zero-order valence-electron chi connectivity index (χ0n) is 16.2. The van der Waals surface area contributed by atoms with Crippen molar-refractivity contribution in [2.24, 2.45) is 0 Å². The lowest BCUT2D eigenvalue weighted by Crippen LogP contribution is -2.33. The van der Waals surface area contributed by atoms with E-state index in [9.17, 15) is 4.79 Å². The van der Waals surface area contributed by atoms with Gasteiger partial charge in [0.15, 0.2) is 0 Å². The molecule has 6 nitrogen and oxygen atoms in total. The largest absolute Gasteiger partial charge is 0.317 e. The second kappa shape index (κ2) is 8.82. The molecule has 2 aromatic rings. The second-order valence-corrected chi connectivity index (χ2v) is 7.82. The number of benzene rings is 1. The van der Waals surface area contributed by atoms with Crippen molar-refractivity contribution in [1.29, 1.82) is 0 Å². The van der Waals surface area contributed by atoms with Crippen molar-refractivity contribution in [1.82, 2.24) is 20.7 Å². The Labute approximate surface area is 165 Å². The Balaban J connectivity index is 1.35. The molecule has 0 spiro atoms. The van der Waals surface area contributed by atoms with E-state index in [-0.39, 0.29) is 0 Å². The van der Waals surface area contributed by atoms with E-state index in [0.29, 0.717) is 11.5 Å². The molecule has 0 unspecified atom stereocenters. The number of carbonyl (C=O) groups is 1. The minimum absolute atomic E-state index is 0.407. The second-order valence-electron chi connectivity index (χ2n) is 7.82. The van der Waals surface area contributed by atoms with Crippen molar-refractivity contribution in [3.63, 3.8) is 0 Å². The van der Waals surface area contributed by atoms with E-state index in [2.05, 4.69) is 39.5 Å². The molecule has 0 aliphatic carbocycles. The molecule has 148 valence electrons. The van der Waals surface area contributed by atoms with E-state index in [0.717, 1.165) is 56.8 Å². The van der Waals surface area contributed by atoms with E-state index in [1.807, 2.05) is 6.07 Å². The van der Waals surface area contributed by atoms with Gasteiger partial charge in [-0.25, -0.2) is 5.48 Å². The minimum Gasteiger partial charge on any atom is -0.317 e. The van der Waals surface area contributed by atoms with E-state index in [1.165, 1.54) is 30.2 Å².